The van der Waals surface area contributed by atoms with Gasteiger partial charge in [-0.25, -0.2) is 17.5 Å². The Morgan fingerprint density at radius 2 is 1.86 bits per heavy atom. The second kappa shape index (κ2) is 7.92. The van der Waals surface area contributed by atoms with Crippen LogP contribution in [0.15, 0.2) is 47.5 Å². The number of anilines is 1. The second-order valence-electron chi connectivity index (χ2n) is 6.42. The summed E-state index contributed by atoms with van der Waals surface area (Å²) in [5.74, 6) is -0.426. The van der Waals surface area contributed by atoms with E-state index in [1.807, 2.05) is 13.0 Å². The molecular formula is C20H19FN4O2S. The molecule has 0 atom stereocenters. The van der Waals surface area contributed by atoms with Gasteiger partial charge in [0.2, 0.25) is 10.0 Å². The molecule has 2 aromatic carbocycles. The molecule has 0 bridgehead atoms. The van der Waals surface area contributed by atoms with E-state index < -0.39 is 15.8 Å². The van der Waals surface area contributed by atoms with Crippen LogP contribution in [0.5, 0.6) is 0 Å². The Bertz CT molecular complexity index is 1170. The number of rotatable bonds is 6. The van der Waals surface area contributed by atoms with Gasteiger partial charge in [0.05, 0.1) is 21.7 Å². The maximum absolute atomic E-state index is 13.8. The van der Waals surface area contributed by atoms with Crippen molar-refractivity contribution in [2.24, 2.45) is 0 Å². The fraction of sp³-hybridized carbons (Fsp3) is 0.200. The number of aryl methyl sites for hydroxylation is 2. The van der Waals surface area contributed by atoms with Crippen LogP contribution in [0.3, 0.4) is 0 Å². The van der Waals surface area contributed by atoms with Crippen LogP contribution < -0.4 is 10.0 Å². The van der Waals surface area contributed by atoms with Gasteiger partial charge in [0.15, 0.2) is 0 Å². The van der Waals surface area contributed by atoms with E-state index in [-0.39, 0.29) is 23.5 Å². The van der Waals surface area contributed by atoms with Crippen molar-refractivity contribution >= 4 is 26.6 Å². The zero-order valence-electron chi connectivity index (χ0n) is 15.5. The summed E-state index contributed by atoms with van der Waals surface area (Å²) < 4.78 is 41.0. The number of pyridine rings is 1. The van der Waals surface area contributed by atoms with E-state index in [1.165, 1.54) is 18.3 Å². The van der Waals surface area contributed by atoms with Crippen molar-refractivity contribution in [3.05, 3.63) is 65.1 Å². The van der Waals surface area contributed by atoms with Gasteiger partial charge in [-0.1, -0.05) is 17.7 Å². The van der Waals surface area contributed by atoms with Gasteiger partial charge < -0.3 is 5.32 Å². The van der Waals surface area contributed by atoms with E-state index >= 15 is 0 Å². The molecule has 6 nitrogen and oxygen atoms in total. The van der Waals surface area contributed by atoms with E-state index in [0.29, 0.717) is 22.2 Å². The number of sulfonamides is 1. The summed E-state index contributed by atoms with van der Waals surface area (Å²) in [5, 5.41) is 12.9. The Kier molecular flexibility index (Phi) is 5.58. The molecule has 0 aliphatic carbocycles. The van der Waals surface area contributed by atoms with Crippen molar-refractivity contribution in [3.63, 3.8) is 0 Å². The summed E-state index contributed by atoms with van der Waals surface area (Å²) in [6.07, 6.45) is 1.42. The van der Waals surface area contributed by atoms with Gasteiger partial charge in [-0.3, -0.25) is 4.98 Å². The predicted molar refractivity (Wildman–Crippen MR) is 106 cm³/mol. The average Bonchev–Trinajstić information content (AvgIpc) is 2.65. The Morgan fingerprint density at radius 1 is 1.14 bits per heavy atom. The topological polar surface area (TPSA) is 94.9 Å². The van der Waals surface area contributed by atoms with Gasteiger partial charge in [-0.2, -0.15) is 5.26 Å². The van der Waals surface area contributed by atoms with E-state index in [0.717, 1.165) is 5.56 Å². The molecule has 144 valence electrons. The molecule has 0 aliphatic rings. The highest BCUT2D eigenvalue weighted by Crippen LogP contribution is 2.28. The third-order valence-electron chi connectivity index (χ3n) is 4.30. The molecule has 3 rings (SSSR count). The number of aromatic nitrogens is 1. The van der Waals surface area contributed by atoms with Crippen LogP contribution in [0, 0.1) is 31.0 Å². The molecular weight excluding hydrogens is 379 g/mol. The Labute approximate surface area is 163 Å². The quantitative estimate of drug-likeness (QED) is 0.622. The number of halogens is 1. The highest BCUT2D eigenvalue weighted by atomic mass is 32.2. The minimum Gasteiger partial charge on any atom is -0.382 e. The maximum atomic E-state index is 13.8. The highest BCUT2D eigenvalue weighted by Gasteiger charge is 2.14. The minimum absolute atomic E-state index is 0.0964. The van der Waals surface area contributed by atoms with Gasteiger partial charge in [-0.05, 0) is 43.7 Å². The van der Waals surface area contributed by atoms with E-state index in [4.69, 9.17) is 0 Å². The first kappa shape index (κ1) is 19.7. The zero-order valence-corrected chi connectivity index (χ0v) is 16.3. The molecule has 0 amide bonds. The Morgan fingerprint density at radius 3 is 2.54 bits per heavy atom. The van der Waals surface area contributed by atoms with Gasteiger partial charge in [0, 0.05) is 24.7 Å². The number of hydrogen-bond acceptors (Lipinski definition) is 5. The standard InChI is InChI=1S/C20H19FN4O2S/c1-13-3-5-17(6-4-13)28(26,27)25-8-7-23-20-15(11-22)12-24-19-14(2)9-16(21)10-18(19)20/h3-6,9-10,12,25H,7-8H2,1-2H3,(H,23,24). The third-order valence-corrected chi connectivity index (χ3v) is 5.77. The molecule has 0 unspecified atom stereocenters. The molecule has 0 fully saturated rings. The van der Waals surface area contributed by atoms with Gasteiger partial charge in [0.1, 0.15) is 11.9 Å². The van der Waals surface area contributed by atoms with Crippen molar-refractivity contribution in [1.82, 2.24) is 9.71 Å². The molecule has 0 spiro atoms. The molecule has 28 heavy (non-hydrogen) atoms. The van der Waals surface area contributed by atoms with E-state index in [9.17, 15) is 18.1 Å². The highest BCUT2D eigenvalue weighted by molar-refractivity contribution is 7.89. The number of hydrogen-bond donors (Lipinski definition) is 2. The van der Waals surface area contributed by atoms with Crippen molar-refractivity contribution in [3.8, 4) is 6.07 Å². The van der Waals surface area contributed by atoms with Crippen LogP contribution in [-0.4, -0.2) is 26.5 Å². The lowest BCUT2D eigenvalue weighted by molar-refractivity contribution is 0.583. The van der Waals surface area contributed by atoms with E-state index in [1.54, 1.807) is 31.2 Å². The largest absolute Gasteiger partial charge is 0.382 e. The summed E-state index contributed by atoms with van der Waals surface area (Å²) in [6.45, 7) is 3.93. The number of nitrogens with one attached hydrogen (secondary N) is 2. The SMILES string of the molecule is Cc1ccc(S(=O)(=O)NCCNc2c(C#N)cnc3c(C)cc(F)cc23)cc1. The Hall–Kier alpha value is -3.02. The molecule has 1 heterocycles. The zero-order chi connectivity index (χ0) is 20.3. The van der Waals surface area contributed by atoms with Crippen LogP contribution in [0.25, 0.3) is 10.9 Å². The third kappa shape index (κ3) is 4.11. The number of nitriles is 1. The first-order valence-electron chi connectivity index (χ1n) is 8.61. The molecule has 3 aromatic rings. The molecule has 0 aliphatic heterocycles. The summed E-state index contributed by atoms with van der Waals surface area (Å²) in [4.78, 5) is 4.41. The van der Waals surface area contributed by atoms with E-state index in [2.05, 4.69) is 15.0 Å². The summed E-state index contributed by atoms with van der Waals surface area (Å²) in [5.41, 5.74) is 2.91. The monoisotopic (exact) mass is 398 g/mol. The van der Waals surface area contributed by atoms with Crippen LogP contribution >= 0.6 is 0 Å². The normalized spacial score (nSPS) is 11.4. The maximum Gasteiger partial charge on any atom is 0.240 e. The molecule has 8 heteroatoms. The lowest BCUT2D eigenvalue weighted by Gasteiger charge is -2.13. The molecule has 1 aromatic heterocycles. The first-order chi connectivity index (χ1) is 13.3. The van der Waals surface area contributed by atoms with Crippen molar-refractivity contribution in [1.29, 1.82) is 5.26 Å². The van der Waals surface area contributed by atoms with Crippen LogP contribution in [0.2, 0.25) is 0 Å². The molecule has 0 radical (unpaired) electrons. The lowest BCUT2D eigenvalue weighted by Crippen LogP contribution is -2.29. The molecule has 0 saturated carbocycles. The summed E-state index contributed by atoms with van der Waals surface area (Å²) >= 11 is 0. The molecule has 0 saturated heterocycles. The number of benzene rings is 2. The summed E-state index contributed by atoms with van der Waals surface area (Å²) in [6, 6.07) is 11.3. The first-order valence-corrected chi connectivity index (χ1v) is 10.1. The fourth-order valence-corrected chi connectivity index (χ4v) is 3.92. The van der Waals surface area contributed by atoms with Gasteiger partial charge in [-0.15, -0.1) is 0 Å². The van der Waals surface area contributed by atoms with Gasteiger partial charge in [0.25, 0.3) is 0 Å². The number of fused-ring (bicyclic) bond motifs is 1. The predicted octanol–water partition coefficient (Wildman–Crippen LogP) is 3.25. The van der Waals surface area contributed by atoms with Crippen LogP contribution in [-0.2, 0) is 10.0 Å². The van der Waals surface area contributed by atoms with Crippen molar-refractivity contribution < 1.29 is 12.8 Å². The fourth-order valence-electron chi connectivity index (χ4n) is 2.89. The second-order valence-corrected chi connectivity index (χ2v) is 8.18. The minimum atomic E-state index is -3.63. The van der Waals surface area contributed by atoms with Crippen LogP contribution in [0.1, 0.15) is 16.7 Å². The lowest BCUT2D eigenvalue weighted by atomic mass is 10.1. The smallest absolute Gasteiger partial charge is 0.240 e. The van der Waals surface area contributed by atoms with Gasteiger partial charge >= 0.3 is 0 Å². The average molecular weight is 398 g/mol. The molecule has 2 N–H and O–H groups in total. The van der Waals surface area contributed by atoms with Crippen molar-refractivity contribution in [2.45, 2.75) is 18.7 Å². The number of nitrogens with zero attached hydrogens (tertiary/aromatic N) is 2. The van der Waals surface area contributed by atoms with Crippen molar-refractivity contribution in [2.75, 3.05) is 18.4 Å². The summed E-state index contributed by atoms with van der Waals surface area (Å²) in [7, 11) is -3.63. The Balaban J connectivity index is 1.77. The van der Waals surface area contributed by atoms with Crippen LogP contribution in [0.4, 0.5) is 10.1 Å².